The number of ketones is 1. The molecule has 2 aromatic rings. The van der Waals surface area contributed by atoms with Crippen molar-refractivity contribution in [2.75, 3.05) is 37.9 Å². The average molecular weight is 870 g/mol. The van der Waals surface area contributed by atoms with Crippen LogP contribution in [-0.4, -0.2) is 90.3 Å². The summed E-state index contributed by atoms with van der Waals surface area (Å²) in [6.07, 6.45) is 10.0. The van der Waals surface area contributed by atoms with Crippen LogP contribution >= 0.6 is 0 Å². The van der Waals surface area contributed by atoms with Crippen molar-refractivity contribution in [3.63, 3.8) is 0 Å². The van der Waals surface area contributed by atoms with Gasteiger partial charge in [0.05, 0.1) is 54.3 Å². The van der Waals surface area contributed by atoms with E-state index >= 15 is 0 Å². The zero-order valence-electron chi connectivity index (χ0n) is 37.9. The number of hydrogen-bond donors (Lipinski definition) is 2. The molecule has 2 aliphatic carbocycles. The van der Waals surface area contributed by atoms with Gasteiger partial charge >= 0.3 is 12.2 Å². The van der Waals surface area contributed by atoms with Gasteiger partial charge in [-0.05, 0) is 136 Å². The normalized spacial score (nSPS) is 26.6. The minimum Gasteiger partial charge on any atom is -0.486 e. The minimum atomic E-state index is -0.539. The van der Waals surface area contributed by atoms with E-state index in [0.29, 0.717) is 55.4 Å². The molecule has 340 valence electrons. The van der Waals surface area contributed by atoms with E-state index in [1.165, 1.54) is 0 Å². The second-order valence-electron chi connectivity index (χ2n) is 19.8. The fourth-order valence-electron chi connectivity index (χ4n) is 9.15. The predicted molar refractivity (Wildman–Crippen MR) is 235 cm³/mol. The van der Waals surface area contributed by atoms with Crippen LogP contribution in [0.1, 0.15) is 125 Å². The molecule has 15 nitrogen and oxygen atoms in total. The summed E-state index contributed by atoms with van der Waals surface area (Å²) in [7, 11) is 0. The molecule has 2 N–H and O–H groups in total. The first kappa shape index (κ1) is 47.1. The van der Waals surface area contributed by atoms with E-state index in [4.69, 9.17) is 41.6 Å². The first-order valence-electron chi connectivity index (χ1n) is 22.1. The molecule has 2 aromatic carbocycles. The van der Waals surface area contributed by atoms with Crippen LogP contribution in [0.3, 0.4) is 0 Å². The van der Waals surface area contributed by atoms with Gasteiger partial charge in [-0.2, -0.15) is 0 Å². The van der Waals surface area contributed by atoms with E-state index in [1.54, 1.807) is 41.3 Å². The molecule has 6 heterocycles. The molecule has 6 fully saturated rings. The Labute approximate surface area is 371 Å². The van der Waals surface area contributed by atoms with Crippen molar-refractivity contribution in [1.29, 1.82) is 0 Å². The van der Waals surface area contributed by atoms with Crippen LogP contribution in [0.2, 0.25) is 0 Å². The number of alkyl carbamates (subject to hydrolysis) is 2. The molecule has 3 amide bonds. The standard InChI is InChI=1S/C23H29N3O5.C15H27NO3.C10H7NO2/c1-21(2,3)31-20(28)25-22-7-9-23(10-8-22,30-15-22)11-12-26-17-13-16(24-4)5-6-18(17)29-14-19(26)27;1-5-6-15-9-7-14(8-10-15,11-18-15)16-12(17)19-13(2,3)4;1-11-8-2-3-10-7(4-8)5-9(12)6-13-10/h5-6,13H,7-12,14-15H2,1-3H3,(H,25,28);5-11H2,1-4H3,(H,16,17);2-4H,5-6H2. The van der Waals surface area contributed by atoms with Gasteiger partial charge in [0.25, 0.3) is 5.91 Å². The van der Waals surface area contributed by atoms with Crippen molar-refractivity contribution in [3.05, 3.63) is 64.8 Å². The summed E-state index contributed by atoms with van der Waals surface area (Å²) in [5.41, 5.74) is 0.730. The summed E-state index contributed by atoms with van der Waals surface area (Å²) >= 11 is 0. The van der Waals surface area contributed by atoms with Crippen molar-refractivity contribution in [2.24, 2.45) is 0 Å². The summed E-state index contributed by atoms with van der Waals surface area (Å²) in [5.74, 6) is 1.30. The highest BCUT2D eigenvalue weighted by atomic mass is 16.6. The van der Waals surface area contributed by atoms with Crippen LogP contribution in [0.25, 0.3) is 9.69 Å². The van der Waals surface area contributed by atoms with Crippen molar-refractivity contribution in [2.45, 2.75) is 159 Å². The van der Waals surface area contributed by atoms with Crippen molar-refractivity contribution < 1.29 is 47.6 Å². The lowest BCUT2D eigenvalue weighted by Crippen LogP contribution is -2.63. The van der Waals surface area contributed by atoms with Crippen LogP contribution in [0.5, 0.6) is 11.5 Å². The summed E-state index contributed by atoms with van der Waals surface area (Å²) in [5, 5.41) is 6.09. The molecule has 4 bridgehead atoms. The summed E-state index contributed by atoms with van der Waals surface area (Å²) in [6, 6.07) is 10.3. The van der Waals surface area contributed by atoms with Gasteiger partial charge in [-0.25, -0.2) is 19.3 Å². The molecule has 8 aliphatic rings. The molecule has 2 saturated carbocycles. The third kappa shape index (κ3) is 12.0. The van der Waals surface area contributed by atoms with Crippen LogP contribution in [0.4, 0.5) is 26.7 Å². The molecule has 63 heavy (non-hydrogen) atoms. The van der Waals surface area contributed by atoms with E-state index in [1.807, 2.05) is 41.5 Å². The Morgan fingerprint density at radius 3 is 1.68 bits per heavy atom. The Morgan fingerprint density at radius 1 is 0.714 bits per heavy atom. The Kier molecular flexibility index (Phi) is 14.0. The molecule has 10 rings (SSSR count). The van der Waals surface area contributed by atoms with Gasteiger partial charge in [0, 0.05) is 13.0 Å². The van der Waals surface area contributed by atoms with E-state index in [0.717, 1.165) is 75.5 Å². The fourth-order valence-corrected chi connectivity index (χ4v) is 9.15. The van der Waals surface area contributed by atoms with Gasteiger partial charge in [-0.3, -0.25) is 9.59 Å². The molecule has 4 saturated heterocycles. The molecule has 0 unspecified atom stereocenters. The molecule has 0 aromatic heterocycles. The third-order valence-electron chi connectivity index (χ3n) is 12.5. The lowest BCUT2D eigenvalue weighted by Gasteiger charge is -2.53. The number of carbonyl (C=O) groups excluding carboxylic acids is 4. The minimum absolute atomic E-state index is 0.00113. The van der Waals surface area contributed by atoms with Gasteiger partial charge in [0.15, 0.2) is 23.8 Å². The molecular formula is C48H63N5O10. The van der Waals surface area contributed by atoms with E-state index in [9.17, 15) is 19.2 Å². The second-order valence-corrected chi connectivity index (χ2v) is 19.8. The smallest absolute Gasteiger partial charge is 0.408 e. The number of amides is 3. The van der Waals surface area contributed by atoms with Crippen molar-refractivity contribution in [1.82, 2.24) is 10.6 Å². The molecular weight excluding hydrogens is 807 g/mol. The van der Waals surface area contributed by atoms with Gasteiger partial charge in [-0.15, -0.1) is 0 Å². The first-order valence-corrected chi connectivity index (χ1v) is 22.1. The zero-order chi connectivity index (χ0) is 45.7. The van der Waals surface area contributed by atoms with E-state index in [2.05, 4.69) is 27.2 Å². The lowest BCUT2D eigenvalue weighted by atomic mass is 9.69. The maximum atomic E-state index is 12.5. The summed E-state index contributed by atoms with van der Waals surface area (Å²) in [6.45, 7) is 29.2. The van der Waals surface area contributed by atoms with Crippen LogP contribution < -0.4 is 25.0 Å². The molecule has 6 aliphatic heterocycles. The number of ether oxygens (including phenoxy) is 6. The number of Topliss-reactive ketones (excluding diaryl/α,β-unsaturated/α-hetero) is 1. The van der Waals surface area contributed by atoms with Crippen LogP contribution in [0, 0.1) is 13.1 Å². The maximum Gasteiger partial charge on any atom is 0.408 e. The quantitative estimate of drug-likeness (QED) is 0.257. The lowest BCUT2D eigenvalue weighted by molar-refractivity contribution is -0.164. The molecule has 0 atom stereocenters. The zero-order valence-corrected chi connectivity index (χ0v) is 37.9. The highest BCUT2D eigenvalue weighted by Gasteiger charge is 2.52. The topological polar surface area (TPSA) is 160 Å². The van der Waals surface area contributed by atoms with Crippen molar-refractivity contribution >= 4 is 40.9 Å². The van der Waals surface area contributed by atoms with Gasteiger partial charge in [-0.1, -0.05) is 25.5 Å². The monoisotopic (exact) mass is 869 g/mol. The van der Waals surface area contributed by atoms with Crippen molar-refractivity contribution in [3.8, 4) is 11.5 Å². The Bertz CT molecular complexity index is 2080. The highest BCUT2D eigenvalue weighted by Crippen LogP contribution is 2.47. The van der Waals surface area contributed by atoms with E-state index < -0.39 is 17.3 Å². The largest absolute Gasteiger partial charge is 0.486 e. The predicted octanol–water partition coefficient (Wildman–Crippen LogP) is 9.09. The van der Waals surface area contributed by atoms with Gasteiger partial charge in [0.1, 0.15) is 29.3 Å². The number of anilines is 1. The third-order valence-corrected chi connectivity index (χ3v) is 12.5. The van der Waals surface area contributed by atoms with Gasteiger partial charge < -0.3 is 44.0 Å². The SMILES string of the molecule is CCCC12CCC(NC(=O)OC(C)(C)C)(CC1)CO2.[C-]#[N+]c1ccc2c(c1)CC(=O)CO2.[C-]#[N+]c1ccc2c(c1)N(CCC13CCC(NC(=O)OC(C)(C)C)(CC1)CO3)C(=O)CO2. The Hall–Kier alpha value is -5.38. The second kappa shape index (κ2) is 18.8. The number of nitrogens with zero attached hydrogens (tertiary/aromatic N) is 3. The molecule has 15 heteroatoms. The van der Waals surface area contributed by atoms with E-state index in [-0.39, 0.29) is 53.3 Å². The molecule has 0 radical (unpaired) electrons. The Balaban J connectivity index is 0.000000175. The fraction of sp³-hybridized carbons (Fsp3) is 0.625. The highest BCUT2D eigenvalue weighted by molar-refractivity contribution is 5.98. The first-order chi connectivity index (χ1) is 29.7. The van der Waals surface area contributed by atoms with Crippen LogP contribution in [0.15, 0.2) is 36.4 Å². The summed E-state index contributed by atoms with van der Waals surface area (Å²) in [4.78, 5) is 56.2. The number of carbonyl (C=O) groups is 4. The number of benzene rings is 2. The number of rotatable bonds is 7. The Morgan fingerprint density at radius 2 is 1.21 bits per heavy atom. The van der Waals surface area contributed by atoms with Crippen LogP contribution in [-0.2, 0) is 35.0 Å². The summed E-state index contributed by atoms with van der Waals surface area (Å²) < 4.78 is 33.8. The average Bonchev–Trinajstić information content (AvgIpc) is 3.23. The van der Waals surface area contributed by atoms with Gasteiger partial charge in [0.2, 0.25) is 0 Å². The molecule has 0 spiro atoms. The number of hydrogen-bond acceptors (Lipinski definition) is 10. The number of fused-ring (bicyclic) bond motifs is 8. The maximum absolute atomic E-state index is 12.5. The number of nitrogens with one attached hydrogen (secondary N) is 2.